The summed E-state index contributed by atoms with van der Waals surface area (Å²) in [4.78, 5) is 33.9. The van der Waals surface area contributed by atoms with Crippen LogP contribution in [0.1, 0.15) is 55.6 Å². The van der Waals surface area contributed by atoms with Crippen molar-refractivity contribution in [3.05, 3.63) is 57.7 Å². The van der Waals surface area contributed by atoms with E-state index in [4.69, 9.17) is 41.8 Å². The van der Waals surface area contributed by atoms with Crippen molar-refractivity contribution in [2.45, 2.75) is 45.9 Å². The van der Waals surface area contributed by atoms with Crippen LogP contribution >= 0.6 is 23.2 Å². The molecule has 2 aromatic heterocycles. The zero-order chi connectivity index (χ0) is 27.3. The van der Waals surface area contributed by atoms with E-state index in [0.29, 0.717) is 32.7 Å². The van der Waals surface area contributed by atoms with E-state index >= 15 is 0 Å². The van der Waals surface area contributed by atoms with Crippen LogP contribution in [0.5, 0.6) is 11.5 Å². The first-order valence-corrected chi connectivity index (χ1v) is 12.0. The molecule has 2 heterocycles. The number of hydrogen-bond acceptors (Lipinski definition) is 8. The highest BCUT2D eigenvalue weighted by molar-refractivity contribution is 6.35. The molecule has 0 radical (unpaired) electrons. The maximum absolute atomic E-state index is 13.2. The number of halogens is 2. The zero-order valence-corrected chi connectivity index (χ0v) is 22.8. The van der Waals surface area contributed by atoms with Gasteiger partial charge in [0.2, 0.25) is 5.89 Å². The first-order valence-electron chi connectivity index (χ1n) is 11.2. The van der Waals surface area contributed by atoms with Crippen LogP contribution in [0.15, 0.2) is 35.0 Å². The van der Waals surface area contributed by atoms with Crippen LogP contribution in [0.4, 0.5) is 4.79 Å². The van der Waals surface area contributed by atoms with Crippen molar-refractivity contribution < 1.29 is 28.2 Å². The minimum Gasteiger partial charge on any atom is -0.493 e. The van der Waals surface area contributed by atoms with Gasteiger partial charge in [0.05, 0.1) is 24.3 Å². The van der Waals surface area contributed by atoms with Crippen molar-refractivity contribution in [3.8, 4) is 23.0 Å². The Morgan fingerprint density at radius 3 is 2.32 bits per heavy atom. The molecule has 3 rings (SSSR count). The number of hydrogen-bond donors (Lipinski definition) is 2. The minimum absolute atomic E-state index is 0.0107. The number of pyridine rings is 1. The van der Waals surface area contributed by atoms with Crippen LogP contribution in [0, 0.1) is 0 Å². The Morgan fingerprint density at radius 2 is 1.73 bits per heavy atom. The molecule has 1 atom stereocenters. The van der Waals surface area contributed by atoms with Crippen LogP contribution < -0.4 is 20.1 Å². The van der Waals surface area contributed by atoms with Gasteiger partial charge in [0, 0.05) is 35.6 Å². The highest BCUT2D eigenvalue weighted by Crippen LogP contribution is 2.34. The summed E-state index contributed by atoms with van der Waals surface area (Å²) >= 11 is 12.3. The van der Waals surface area contributed by atoms with Crippen molar-refractivity contribution in [2.75, 3.05) is 14.2 Å². The monoisotopic (exact) mass is 550 g/mol. The fourth-order valence-corrected chi connectivity index (χ4v) is 3.77. The van der Waals surface area contributed by atoms with Gasteiger partial charge in [0.15, 0.2) is 29.1 Å². The van der Waals surface area contributed by atoms with Crippen molar-refractivity contribution in [3.63, 3.8) is 0 Å². The Kier molecular flexibility index (Phi) is 8.88. The van der Waals surface area contributed by atoms with E-state index in [2.05, 4.69) is 20.6 Å². The number of carbonyl (C=O) groups excluding carboxylic acids is 2. The number of benzene rings is 1. The molecule has 1 aromatic carbocycles. The van der Waals surface area contributed by atoms with Crippen molar-refractivity contribution >= 4 is 35.2 Å². The SMILES string of the molecule is COc1ccc(-c2nc(C(=O)NCc3c(Cl)cncc3Cl)c([C@H](C)OC(=O)NC(C)(C)C)o2)cc1OC. The molecule has 3 aromatic rings. The van der Waals surface area contributed by atoms with Crippen LogP contribution in [0.25, 0.3) is 11.5 Å². The third-order valence-corrected chi connectivity index (χ3v) is 5.66. The topological polar surface area (TPSA) is 125 Å². The molecule has 2 amide bonds. The van der Waals surface area contributed by atoms with Crippen molar-refractivity contribution in [2.24, 2.45) is 0 Å². The Bertz CT molecular complexity index is 1270. The number of rotatable bonds is 8. The molecule has 10 nitrogen and oxygen atoms in total. The number of oxazole rings is 1. The average Bonchev–Trinajstić information content (AvgIpc) is 3.28. The van der Waals surface area contributed by atoms with Gasteiger partial charge < -0.3 is 29.3 Å². The molecule has 0 fully saturated rings. The molecule has 12 heteroatoms. The third-order valence-electron chi connectivity index (χ3n) is 5.01. The normalized spacial score (nSPS) is 12.0. The van der Waals surface area contributed by atoms with Crippen molar-refractivity contribution in [1.82, 2.24) is 20.6 Å². The molecular weight excluding hydrogens is 523 g/mol. The number of alkyl carbamates (subject to hydrolysis) is 1. The number of aromatic nitrogens is 2. The van der Waals surface area contributed by atoms with Gasteiger partial charge in [-0.25, -0.2) is 9.78 Å². The fourth-order valence-electron chi connectivity index (χ4n) is 3.27. The predicted octanol–water partition coefficient (Wildman–Crippen LogP) is 5.58. The van der Waals surface area contributed by atoms with Gasteiger partial charge in [0.25, 0.3) is 5.91 Å². The Morgan fingerprint density at radius 1 is 1.08 bits per heavy atom. The van der Waals surface area contributed by atoms with Crippen LogP contribution in [0.3, 0.4) is 0 Å². The lowest BCUT2D eigenvalue weighted by Crippen LogP contribution is -2.41. The second-order valence-electron chi connectivity index (χ2n) is 8.99. The van der Waals surface area contributed by atoms with Crippen LogP contribution in [-0.2, 0) is 11.3 Å². The lowest BCUT2D eigenvalue weighted by atomic mass is 10.1. The highest BCUT2D eigenvalue weighted by atomic mass is 35.5. The van der Waals surface area contributed by atoms with E-state index in [9.17, 15) is 9.59 Å². The number of methoxy groups -OCH3 is 2. The van der Waals surface area contributed by atoms with E-state index in [1.54, 1.807) is 25.1 Å². The molecule has 0 aliphatic carbocycles. The van der Waals surface area contributed by atoms with Crippen molar-refractivity contribution in [1.29, 1.82) is 0 Å². The average molecular weight is 551 g/mol. The number of nitrogens with one attached hydrogen (secondary N) is 2. The maximum atomic E-state index is 13.2. The van der Waals surface area contributed by atoms with Crippen LogP contribution in [-0.4, -0.2) is 41.7 Å². The summed E-state index contributed by atoms with van der Waals surface area (Å²) in [6.45, 7) is 7.04. The Labute approximate surface area is 224 Å². The zero-order valence-electron chi connectivity index (χ0n) is 21.3. The summed E-state index contributed by atoms with van der Waals surface area (Å²) in [5.41, 5.74) is 0.420. The lowest BCUT2D eigenvalue weighted by Gasteiger charge is -2.21. The smallest absolute Gasteiger partial charge is 0.408 e. The molecule has 0 saturated carbocycles. The standard InChI is InChI=1S/C25H28Cl2N4O6/c1-13(36-24(33)31-25(2,3)4)21-20(22(32)29-10-15-16(26)11-28-12-17(15)27)30-23(37-21)14-7-8-18(34-5)19(9-14)35-6/h7-9,11-13H,10H2,1-6H3,(H,29,32)(H,31,33)/t13-/m0/s1. The molecule has 2 N–H and O–H groups in total. The van der Waals surface area contributed by atoms with Gasteiger partial charge in [-0.2, -0.15) is 0 Å². The molecule has 0 aliphatic rings. The lowest BCUT2D eigenvalue weighted by molar-refractivity contribution is 0.0841. The molecular formula is C25H28Cl2N4O6. The molecule has 0 aliphatic heterocycles. The number of nitrogens with zero attached hydrogens (tertiary/aromatic N) is 2. The number of ether oxygens (including phenoxy) is 3. The Balaban J connectivity index is 1.95. The summed E-state index contributed by atoms with van der Waals surface area (Å²) in [7, 11) is 3.02. The van der Waals surface area contributed by atoms with E-state index in [0.717, 1.165) is 0 Å². The molecule has 198 valence electrons. The van der Waals surface area contributed by atoms with Gasteiger partial charge in [-0.3, -0.25) is 9.78 Å². The summed E-state index contributed by atoms with van der Waals surface area (Å²) in [6.07, 6.45) is 1.23. The molecule has 0 spiro atoms. The Hall–Kier alpha value is -3.50. The van der Waals surface area contributed by atoms with E-state index in [-0.39, 0.29) is 23.9 Å². The second kappa shape index (κ2) is 11.7. The first kappa shape index (κ1) is 28.1. The molecule has 0 bridgehead atoms. The van der Waals surface area contributed by atoms with Gasteiger partial charge in [-0.15, -0.1) is 0 Å². The predicted molar refractivity (Wildman–Crippen MR) is 138 cm³/mol. The maximum Gasteiger partial charge on any atom is 0.408 e. The van der Waals surface area contributed by atoms with E-state index in [1.165, 1.54) is 26.6 Å². The fraction of sp³-hybridized carbons (Fsp3) is 0.360. The largest absolute Gasteiger partial charge is 0.493 e. The number of carbonyl (C=O) groups is 2. The summed E-state index contributed by atoms with van der Waals surface area (Å²) < 4.78 is 22.1. The molecule has 37 heavy (non-hydrogen) atoms. The van der Waals surface area contributed by atoms with E-state index < -0.39 is 23.6 Å². The summed E-state index contributed by atoms with van der Waals surface area (Å²) in [5, 5.41) is 6.04. The summed E-state index contributed by atoms with van der Waals surface area (Å²) in [5.74, 6) is 0.548. The summed E-state index contributed by atoms with van der Waals surface area (Å²) in [6, 6.07) is 5.04. The second-order valence-corrected chi connectivity index (χ2v) is 9.80. The van der Waals surface area contributed by atoms with Gasteiger partial charge in [-0.05, 0) is 45.9 Å². The third kappa shape index (κ3) is 7.05. The highest BCUT2D eigenvalue weighted by Gasteiger charge is 2.29. The first-order chi connectivity index (χ1) is 17.4. The molecule has 0 unspecified atom stereocenters. The van der Waals surface area contributed by atoms with E-state index in [1.807, 2.05) is 20.8 Å². The van der Waals surface area contributed by atoms with Gasteiger partial charge in [0.1, 0.15) is 0 Å². The van der Waals surface area contributed by atoms with Gasteiger partial charge >= 0.3 is 6.09 Å². The molecule has 0 saturated heterocycles. The minimum atomic E-state index is -0.947. The number of amides is 2. The van der Waals surface area contributed by atoms with Crippen LogP contribution in [0.2, 0.25) is 10.0 Å². The quantitative estimate of drug-likeness (QED) is 0.372. The van der Waals surface area contributed by atoms with Gasteiger partial charge in [-0.1, -0.05) is 23.2 Å².